The van der Waals surface area contributed by atoms with Crippen molar-refractivity contribution in [2.75, 3.05) is 13.1 Å². The Kier molecular flexibility index (Phi) is 14.0. The first-order valence-electron chi connectivity index (χ1n) is 17.7. The molecule has 0 spiro atoms. The molecule has 0 fully saturated rings. The Labute approximate surface area is 324 Å². The Hall–Kier alpha value is -4.33. The molecule has 6 rings (SSSR count). The second kappa shape index (κ2) is 17.9. The Morgan fingerprint density at radius 1 is 0.685 bits per heavy atom. The maximum absolute atomic E-state index is 13.7. The van der Waals surface area contributed by atoms with Crippen LogP contribution in [-0.2, 0) is 31.8 Å². The highest BCUT2D eigenvalue weighted by Crippen LogP contribution is 2.39. The van der Waals surface area contributed by atoms with Gasteiger partial charge in [-0.15, -0.1) is 22.7 Å². The first-order valence-corrected chi connectivity index (χ1v) is 19.5. The van der Waals surface area contributed by atoms with Crippen molar-refractivity contribution in [3.8, 4) is 0 Å². The first-order chi connectivity index (χ1) is 25.2. The number of benzene rings is 2. The van der Waals surface area contributed by atoms with E-state index in [0.29, 0.717) is 6.54 Å². The fourth-order valence-electron chi connectivity index (χ4n) is 5.71. The van der Waals surface area contributed by atoms with Crippen LogP contribution in [0.5, 0.6) is 0 Å². The van der Waals surface area contributed by atoms with Crippen LogP contribution < -0.4 is 5.32 Å². The van der Waals surface area contributed by atoms with Crippen molar-refractivity contribution in [2.45, 2.75) is 104 Å². The molecule has 0 saturated heterocycles. The van der Waals surface area contributed by atoms with Gasteiger partial charge >= 0.3 is 18.4 Å². The van der Waals surface area contributed by atoms with E-state index in [4.69, 9.17) is 14.2 Å². The first kappa shape index (κ1) is 42.4. The van der Waals surface area contributed by atoms with Gasteiger partial charge in [-0.3, -0.25) is 4.90 Å². The number of carbonyl (C=O) groups excluding carboxylic acids is 3. The third-order valence-corrected chi connectivity index (χ3v) is 9.67. The lowest BCUT2D eigenvalue weighted by atomic mass is 9.93. The molecule has 0 saturated carbocycles. The molecule has 2 unspecified atom stereocenters. The molecule has 2 aliphatic rings. The van der Waals surface area contributed by atoms with E-state index in [1.807, 2.05) is 44.4 Å². The zero-order valence-corrected chi connectivity index (χ0v) is 33.9. The Balaban J connectivity index is 0.000000187. The number of nitrogens with zero attached hydrogens (tertiary/aromatic N) is 1. The number of hydrogen-bond acceptors (Lipinski definition) is 10. The van der Waals surface area contributed by atoms with Crippen LogP contribution in [0, 0.1) is 11.6 Å². The molecule has 4 heterocycles. The van der Waals surface area contributed by atoms with Crippen molar-refractivity contribution in [1.82, 2.24) is 10.2 Å². The minimum Gasteiger partial charge on any atom is -0.444 e. The third kappa shape index (κ3) is 12.9. The fraction of sp³-hybridized carbons (Fsp3) is 0.439. The smallest absolute Gasteiger partial charge is 0.444 e. The van der Waals surface area contributed by atoms with Crippen LogP contribution in [-0.4, -0.2) is 53.2 Å². The van der Waals surface area contributed by atoms with E-state index >= 15 is 0 Å². The molecule has 292 valence electrons. The van der Waals surface area contributed by atoms with Gasteiger partial charge in [-0.1, -0.05) is 24.3 Å². The Morgan fingerprint density at radius 2 is 1.19 bits per heavy atom. The van der Waals surface area contributed by atoms with Gasteiger partial charge in [0.15, 0.2) is 0 Å². The van der Waals surface area contributed by atoms with Crippen molar-refractivity contribution in [1.29, 1.82) is 0 Å². The number of rotatable bonds is 2. The lowest BCUT2D eigenvalue weighted by molar-refractivity contribution is -0.0294. The molecule has 54 heavy (non-hydrogen) atoms. The number of hydrogen-bond donors (Lipinski definition) is 1. The number of halogens is 2. The number of thiophene rings is 2. The quantitative estimate of drug-likeness (QED) is 0.122. The largest absolute Gasteiger partial charge is 0.519 e. The van der Waals surface area contributed by atoms with Crippen molar-refractivity contribution < 1.29 is 42.1 Å². The van der Waals surface area contributed by atoms with Crippen molar-refractivity contribution in [3.63, 3.8) is 0 Å². The van der Waals surface area contributed by atoms with Crippen LogP contribution in [0.15, 0.2) is 71.4 Å². The van der Waals surface area contributed by atoms with Crippen molar-refractivity contribution in [2.24, 2.45) is 0 Å². The average Bonchev–Trinajstić information content (AvgIpc) is 3.72. The van der Waals surface area contributed by atoms with E-state index in [-0.39, 0.29) is 29.8 Å². The van der Waals surface area contributed by atoms with E-state index in [0.717, 1.165) is 36.1 Å². The van der Waals surface area contributed by atoms with Crippen LogP contribution >= 0.6 is 22.7 Å². The highest BCUT2D eigenvalue weighted by atomic mass is 32.1. The van der Waals surface area contributed by atoms with Gasteiger partial charge < -0.3 is 24.3 Å². The second-order valence-corrected chi connectivity index (χ2v) is 17.7. The highest BCUT2D eigenvalue weighted by Gasteiger charge is 2.35. The average molecular weight is 785 g/mol. The van der Waals surface area contributed by atoms with Gasteiger partial charge in [-0.2, -0.15) is 0 Å². The van der Waals surface area contributed by atoms with E-state index in [9.17, 15) is 23.2 Å². The Morgan fingerprint density at radius 3 is 1.72 bits per heavy atom. The number of carbonyl (C=O) groups is 3. The van der Waals surface area contributed by atoms with Crippen LogP contribution in [0.1, 0.15) is 106 Å². The minimum atomic E-state index is -1.06. The summed E-state index contributed by atoms with van der Waals surface area (Å²) in [5, 5.41) is 7.58. The molecular weight excluding hydrogens is 735 g/mol. The third-order valence-electron chi connectivity index (χ3n) is 7.68. The molecular formula is C41H50F2N2O7S2. The SMILES string of the molecule is CC(C)(C)OC(=O)N1CCc2sccc2C1c1cccc(F)c1.CC(C)(C)OC(=O)OC(=O)OC(C)(C)C.Fc1cccc(C2NCCc3sccc32)c1. The molecule has 13 heteroatoms. The number of fused-ring (bicyclic) bond motifs is 2. The fourth-order valence-corrected chi connectivity index (χ4v) is 7.54. The molecule has 1 amide bonds. The van der Waals surface area contributed by atoms with Crippen LogP contribution in [0.25, 0.3) is 0 Å². The van der Waals surface area contributed by atoms with E-state index in [1.54, 1.807) is 87.3 Å². The summed E-state index contributed by atoms with van der Waals surface area (Å²) >= 11 is 3.48. The zero-order valence-electron chi connectivity index (χ0n) is 32.3. The molecule has 2 atom stereocenters. The zero-order chi connectivity index (χ0) is 39.8. The molecule has 0 radical (unpaired) electrons. The van der Waals surface area contributed by atoms with Crippen molar-refractivity contribution in [3.05, 3.63) is 115 Å². The molecule has 2 aromatic heterocycles. The highest BCUT2D eigenvalue weighted by molar-refractivity contribution is 7.10. The Bertz CT molecular complexity index is 1860. The molecule has 2 aromatic carbocycles. The lowest BCUT2D eigenvalue weighted by Gasteiger charge is -2.37. The van der Waals surface area contributed by atoms with Gasteiger partial charge in [-0.25, -0.2) is 23.2 Å². The van der Waals surface area contributed by atoms with Gasteiger partial charge in [0.2, 0.25) is 0 Å². The van der Waals surface area contributed by atoms with E-state index in [1.165, 1.54) is 33.5 Å². The summed E-state index contributed by atoms with van der Waals surface area (Å²) < 4.78 is 46.2. The maximum Gasteiger partial charge on any atom is 0.519 e. The topological polar surface area (TPSA) is 103 Å². The van der Waals surface area contributed by atoms with E-state index in [2.05, 4.69) is 21.5 Å². The van der Waals surface area contributed by atoms with Crippen LogP contribution in [0.3, 0.4) is 0 Å². The summed E-state index contributed by atoms with van der Waals surface area (Å²) in [6, 6.07) is 17.3. The number of amides is 1. The minimum absolute atomic E-state index is 0.158. The van der Waals surface area contributed by atoms with Crippen LogP contribution in [0.4, 0.5) is 23.2 Å². The predicted molar refractivity (Wildman–Crippen MR) is 207 cm³/mol. The van der Waals surface area contributed by atoms with Gasteiger partial charge in [0.05, 0.1) is 12.1 Å². The van der Waals surface area contributed by atoms with Gasteiger partial charge in [-0.05, 0) is 145 Å². The van der Waals surface area contributed by atoms with Gasteiger partial charge in [0.25, 0.3) is 0 Å². The lowest BCUT2D eigenvalue weighted by Crippen LogP contribution is -2.43. The summed E-state index contributed by atoms with van der Waals surface area (Å²) in [7, 11) is 0. The van der Waals surface area contributed by atoms with Crippen LogP contribution in [0.2, 0.25) is 0 Å². The second-order valence-electron chi connectivity index (χ2n) is 15.7. The van der Waals surface area contributed by atoms with E-state index < -0.39 is 29.1 Å². The van der Waals surface area contributed by atoms with Gasteiger partial charge in [0.1, 0.15) is 28.4 Å². The molecule has 4 aromatic rings. The summed E-state index contributed by atoms with van der Waals surface area (Å²) in [5.74, 6) is -0.462. The molecule has 0 bridgehead atoms. The van der Waals surface area contributed by atoms with Gasteiger partial charge in [0, 0.05) is 22.8 Å². The standard InChI is InChI=1S/C18H20FNO2S.C13H12FNS.C10H18O5/c1-18(2,3)22-17(21)20-9-7-15-14(8-10-23-15)16(20)12-5-4-6-13(19)11-12;14-10-3-1-2-9(8-10)13-11-5-7-16-12(11)4-6-15-13;1-9(2,3)14-7(11)13-8(12)15-10(4,5)6/h4-6,8,10-11,16H,7,9H2,1-3H3;1-3,5,7-8,13,15H,4,6H2;1-6H3. The molecule has 1 N–H and O–H groups in total. The van der Waals surface area contributed by atoms with Crippen molar-refractivity contribution >= 4 is 41.1 Å². The predicted octanol–water partition coefficient (Wildman–Crippen LogP) is 10.8. The number of ether oxygens (including phenoxy) is 4. The monoisotopic (exact) mass is 784 g/mol. The molecule has 0 aliphatic carbocycles. The summed E-state index contributed by atoms with van der Waals surface area (Å²) in [6.45, 7) is 17.1. The summed E-state index contributed by atoms with van der Waals surface area (Å²) in [5.41, 5.74) is 2.21. The maximum atomic E-state index is 13.7. The molecule has 2 aliphatic heterocycles. The number of nitrogens with one attached hydrogen (secondary N) is 1. The summed E-state index contributed by atoms with van der Waals surface area (Å²) in [6.07, 6.45) is -0.589. The normalized spacial score (nSPS) is 16.6. The molecule has 9 nitrogen and oxygen atoms in total. The summed E-state index contributed by atoms with van der Waals surface area (Å²) in [4.78, 5) is 39.0.